The molecule has 3 fully saturated rings. The fourth-order valence-corrected chi connectivity index (χ4v) is 7.12. The van der Waals surface area contributed by atoms with Crippen molar-refractivity contribution in [3.05, 3.63) is 58.5 Å². The first-order chi connectivity index (χ1) is 17.1. The number of halogens is 3. The molecule has 7 nitrogen and oxygen atoms in total. The van der Waals surface area contributed by atoms with Crippen molar-refractivity contribution in [3.63, 3.8) is 0 Å². The molecule has 1 saturated heterocycles. The molecule has 4 aliphatic rings. The fraction of sp³-hybridized carbons (Fsp3) is 0.538. The summed E-state index contributed by atoms with van der Waals surface area (Å²) in [4.78, 5) is 13.2. The lowest BCUT2D eigenvalue weighted by molar-refractivity contribution is -0.173. The van der Waals surface area contributed by atoms with Crippen LogP contribution in [0.1, 0.15) is 61.6 Å². The minimum atomic E-state index is -2.60. The van der Waals surface area contributed by atoms with Gasteiger partial charge in [0.2, 0.25) is 0 Å². The number of alkyl halides is 2. The molecule has 36 heavy (non-hydrogen) atoms. The van der Waals surface area contributed by atoms with Crippen LogP contribution in [0.2, 0.25) is 5.02 Å². The molecule has 0 N–H and O–H groups in total. The molecule has 0 unspecified atom stereocenters. The van der Waals surface area contributed by atoms with Crippen LogP contribution in [0.5, 0.6) is 0 Å². The molecule has 4 heterocycles. The van der Waals surface area contributed by atoms with Crippen LogP contribution in [0.25, 0.3) is 5.69 Å². The number of anilines is 1. The Morgan fingerprint density at radius 1 is 1.06 bits per heavy atom. The molecule has 0 bridgehead atoms. The van der Waals surface area contributed by atoms with Crippen molar-refractivity contribution in [1.29, 1.82) is 0 Å². The average Bonchev–Trinajstić information content (AvgIpc) is 3.05. The van der Waals surface area contributed by atoms with Gasteiger partial charge < -0.3 is 4.90 Å². The molecule has 10 heteroatoms. The molecule has 0 atom stereocenters. The molecule has 0 radical (unpaired) electrons. The van der Waals surface area contributed by atoms with Crippen LogP contribution in [-0.2, 0) is 13.1 Å². The van der Waals surface area contributed by atoms with E-state index in [4.69, 9.17) is 11.6 Å². The molecule has 1 spiro atoms. The second-order valence-corrected chi connectivity index (χ2v) is 12.0. The topological polar surface area (TPSA) is 63.0 Å². The van der Waals surface area contributed by atoms with E-state index >= 15 is 0 Å². The maximum atomic E-state index is 13.9. The Morgan fingerprint density at radius 2 is 1.83 bits per heavy atom. The Morgan fingerprint density at radius 3 is 2.56 bits per heavy atom. The van der Waals surface area contributed by atoms with Gasteiger partial charge in [-0.1, -0.05) is 11.6 Å². The van der Waals surface area contributed by atoms with E-state index in [2.05, 4.69) is 34.5 Å². The summed E-state index contributed by atoms with van der Waals surface area (Å²) in [6, 6.07) is 7.84. The Balaban J connectivity index is 1.15. The lowest BCUT2D eigenvalue weighted by Gasteiger charge is -2.59. The zero-order valence-corrected chi connectivity index (χ0v) is 21.1. The highest BCUT2D eigenvalue weighted by atomic mass is 35.5. The first kappa shape index (κ1) is 22.5. The van der Waals surface area contributed by atoms with Gasteiger partial charge in [-0.2, -0.15) is 0 Å². The van der Waals surface area contributed by atoms with Crippen molar-refractivity contribution in [2.45, 2.75) is 70.0 Å². The summed E-state index contributed by atoms with van der Waals surface area (Å²) in [5.41, 5.74) is 1.76. The van der Waals surface area contributed by atoms with Crippen LogP contribution in [0.3, 0.4) is 0 Å². The Bertz CT molecular complexity index is 1350. The van der Waals surface area contributed by atoms with Crippen LogP contribution >= 0.6 is 11.6 Å². The van der Waals surface area contributed by atoms with Crippen molar-refractivity contribution < 1.29 is 8.78 Å². The standard InChI is InChI=1S/C26H28ClF2N7/c1-16-30-6-5-21(31-16)34-14-25(15-34)8-18(9-25)23-33-32-22-11-35(24(2)12-26(28,29)13-24)10-17-7-19(27)3-4-20(17)36(22)23/h3-7,18H,8-15H2,1-2H3. The summed E-state index contributed by atoms with van der Waals surface area (Å²) >= 11 is 6.37. The van der Waals surface area contributed by atoms with Crippen molar-refractivity contribution in [2.75, 3.05) is 18.0 Å². The van der Waals surface area contributed by atoms with Crippen LogP contribution < -0.4 is 4.90 Å². The van der Waals surface area contributed by atoms with Crippen LogP contribution in [0, 0.1) is 12.3 Å². The summed E-state index contributed by atoms with van der Waals surface area (Å²) in [5, 5.41) is 9.89. The van der Waals surface area contributed by atoms with Crippen LogP contribution in [0.15, 0.2) is 30.5 Å². The van der Waals surface area contributed by atoms with Crippen molar-refractivity contribution >= 4 is 17.4 Å². The smallest absolute Gasteiger partial charge is 0.251 e. The molecule has 188 valence electrons. The zero-order chi connectivity index (χ0) is 24.9. The molecule has 2 saturated carbocycles. The number of fused-ring (bicyclic) bond motifs is 3. The van der Waals surface area contributed by atoms with E-state index in [9.17, 15) is 8.78 Å². The molecular formula is C26H28ClF2N7. The number of aryl methyl sites for hydroxylation is 1. The van der Waals surface area contributed by atoms with Gasteiger partial charge in [-0.15, -0.1) is 10.2 Å². The Kier molecular flexibility index (Phi) is 4.66. The minimum absolute atomic E-state index is 0.135. The third kappa shape index (κ3) is 3.46. The molecule has 2 aliphatic heterocycles. The van der Waals surface area contributed by atoms with Gasteiger partial charge in [-0.3, -0.25) is 9.47 Å². The van der Waals surface area contributed by atoms with Gasteiger partial charge >= 0.3 is 0 Å². The number of rotatable bonds is 3. The minimum Gasteiger partial charge on any atom is -0.355 e. The number of hydrogen-bond donors (Lipinski definition) is 0. The molecule has 7 rings (SSSR count). The summed E-state index contributed by atoms with van der Waals surface area (Å²) in [5.74, 6) is 1.29. The second kappa shape index (κ2) is 7.44. The van der Waals surface area contributed by atoms with E-state index in [1.807, 2.05) is 44.3 Å². The largest absolute Gasteiger partial charge is 0.355 e. The Hall–Kier alpha value is -2.65. The lowest BCUT2D eigenvalue weighted by Crippen LogP contribution is -2.62. The zero-order valence-electron chi connectivity index (χ0n) is 20.4. The van der Waals surface area contributed by atoms with Gasteiger partial charge in [-0.05, 0) is 56.5 Å². The van der Waals surface area contributed by atoms with Gasteiger partial charge in [0.1, 0.15) is 17.5 Å². The molecule has 2 aromatic heterocycles. The summed E-state index contributed by atoms with van der Waals surface area (Å²) in [6.07, 6.45) is 3.66. The fourth-order valence-electron chi connectivity index (χ4n) is 6.93. The normalized spacial score (nSPS) is 23.8. The molecule has 0 amide bonds. The summed E-state index contributed by atoms with van der Waals surface area (Å²) in [7, 11) is 0. The van der Waals surface area contributed by atoms with Crippen molar-refractivity contribution in [3.8, 4) is 5.69 Å². The number of aromatic nitrogens is 5. The van der Waals surface area contributed by atoms with E-state index in [0.29, 0.717) is 29.4 Å². The molecule has 3 aromatic rings. The molecule has 2 aliphatic carbocycles. The maximum Gasteiger partial charge on any atom is 0.251 e. The number of nitrogens with zero attached hydrogens (tertiary/aromatic N) is 7. The average molecular weight is 512 g/mol. The first-order valence-corrected chi connectivity index (χ1v) is 12.9. The predicted octanol–water partition coefficient (Wildman–Crippen LogP) is 4.91. The summed E-state index contributed by atoms with van der Waals surface area (Å²) in [6.45, 7) is 6.88. The quantitative estimate of drug-likeness (QED) is 0.498. The highest BCUT2D eigenvalue weighted by Gasteiger charge is 2.57. The van der Waals surface area contributed by atoms with Gasteiger partial charge in [0.25, 0.3) is 5.92 Å². The van der Waals surface area contributed by atoms with Crippen molar-refractivity contribution in [1.82, 2.24) is 29.6 Å². The third-order valence-corrected chi connectivity index (χ3v) is 8.87. The van der Waals surface area contributed by atoms with Gasteiger partial charge in [0, 0.05) is 60.6 Å². The van der Waals surface area contributed by atoms with E-state index in [1.165, 1.54) is 0 Å². The van der Waals surface area contributed by atoms with E-state index in [0.717, 1.165) is 60.5 Å². The van der Waals surface area contributed by atoms with Gasteiger partial charge in [0.15, 0.2) is 5.82 Å². The second-order valence-electron chi connectivity index (χ2n) is 11.6. The third-order valence-electron chi connectivity index (χ3n) is 8.64. The van der Waals surface area contributed by atoms with Gasteiger partial charge in [-0.25, -0.2) is 18.7 Å². The maximum absolute atomic E-state index is 13.9. The molecule has 1 aromatic carbocycles. The predicted molar refractivity (Wildman–Crippen MR) is 132 cm³/mol. The Labute approximate surface area is 213 Å². The van der Waals surface area contributed by atoms with E-state index in [1.54, 1.807) is 0 Å². The molecular weight excluding hydrogens is 484 g/mol. The van der Waals surface area contributed by atoms with Crippen LogP contribution in [-0.4, -0.2) is 54.2 Å². The number of benzene rings is 1. The lowest BCUT2D eigenvalue weighted by atomic mass is 9.57. The monoisotopic (exact) mass is 511 g/mol. The SMILES string of the molecule is Cc1nccc(N2CC3(CC(c4nnc5n4-c4ccc(Cl)cc4CN(C4(C)CC(F)(F)C4)C5)C3)C2)n1. The highest BCUT2D eigenvalue weighted by molar-refractivity contribution is 6.30. The van der Waals surface area contributed by atoms with Crippen LogP contribution in [0.4, 0.5) is 14.6 Å². The highest BCUT2D eigenvalue weighted by Crippen LogP contribution is 2.57. The van der Waals surface area contributed by atoms with Crippen molar-refractivity contribution in [2.24, 2.45) is 5.41 Å². The number of hydrogen-bond acceptors (Lipinski definition) is 6. The van der Waals surface area contributed by atoms with E-state index < -0.39 is 11.5 Å². The van der Waals surface area contributed by atoms with Gasteiger partial charge in [0.05, 0.1) is 12.2 Å². The first-order valence-electron chi connectivity index (χ1n) is 12.5. The van der Waals surface area contributed by atoms with E-state index in [-0.39, 0.29) is 12.8 Å². The summed E-state index contributed by atoms with van der Waals surface area (Å²) < 4.78 is 29.9.